The Morgan fingerprint density at radius 2 is 1.80 bits per heavy atom. The van der Waals surface area contributed by atoms with E-state index in [1.807, 2.05) is 36.4 Å². The third-order valence-corrected chi connectivity index (χ3v) is 5.80. The van der Waals surface area contributed by atoms with E-state index in [1.54, 1.807) is 20.1 Å². The van der Waals surface area contributed by atoms with Gasteiger partial charge in [-0.2, -0.15) is 10.5 Å². The minimum Gasteiger partial charge on any atom is -0.497 e. The van der Waals surface area contributed by atoms with E-state index in [9.17, 15) is 15.6 Å². The highest BCUT2D eigenvalue weighted by Gasteiger charge is 2.26. The Labute approximate surface area is 173 Å². The van der Waals surface area contributed by atoms with Gasteiger partial charge >= 0.3 is 0 Å². The van der Waals surface area contributed by atoms with Crippen molar-refractivity contribution in [2.45, 2.75) is 18.9 Å². The number of rotatable bonds is 1. The van der Waals surface area contributed by atoms with Crippen LogP contribution in [0.1, 0.15) is 29.2 Å². The maximum absolute atomic E-state index is 10.5. The van der Waals surface area contributed by atoms with Crippen molar-refractivity contribution in [2.75, 3.05) is 7.11 Å². The van der Waals surface area contributed by atoms with Gasteiger partial charge in [0.25, 0.3) is 0 Å². The molecule has 142 valence electrons. The van der Waals surface area contributed by atoms with Crippen LogP contribution in [-0.4, -0.2) is 17.8 Å². The molecule has 1 N–H and O–H groups in total. The lowest BCUT2D eigenvalue weighted by Crippen LogP contribution is -2.26. The van der Waals surface area contributed by atoms with Crippen molar-refractivity contribution in [1.29, 1.82) is 10.5 Å². The van der Waals surface area contributed by atoms with Crippen LogP contribution >= 0.6 is 0 Å². The summed E-state index contributed by atoms with van der Waals surface area (Å²) in [6.45, 7) is 1.78. The summed E-state index contributed by atoms with van der Waals surface area (Å²) in [7, 11) is 1.61. The zero-order valence-corrected chi connectivity index (χ0v) is 16.5. The molecule has 0 radical (unpaired) electrons. The molecule has 30 heavy (non-hydrogen) atoms. The summed E-state index contributed by atoms with van der Waals surface area (Å²) in [4.78, 5) is 0. The fourth-order valence-corrected chi connectivity index (χ4v) is 4.43. The van der Waals surface area contributed by atoms with Crippen molar-refractivity contribution < 1.29 is 9.84 Å². The van der Waals surface area contributed by atoms with Gasteiger partial charge in [0, 0.05) is 22.6 Å². The maximum Gasteiger partial charge on any atom is 0.120 e. The van der Waals surface area contributed by atoms with Gasteiger partial charge < -0.3 is 9.84 Å². The third-order valence-electron chi connectivity index (χ3n) is 5.80. The van der Waals surface area contributed by atoms with Crippen molar-refractivity contribution in [3.8, 4) is 17.9 Å². The zero-order chi connectivity index (χ0) is 21.0. The van der Waals surface area contributed by atoms with Gasteiger partial charge in [-0.3, -0.25) is 0 Å². The van der Waals surface area contributed by atoms with Crippen LogP contribution in [0, 0.1) is 34.8 Å². The molecular weight excluding hydrogens is 372 g/mol. The van der Waals surface area contributed by atoms with Gasteiger partial charge in [0.15, 0.2) is 0 Å². The first-order chi connectivity index (χ1) is 14.5. The standard InChI is InChI=1S/C26H16N2O2/c1-26(29)10-9-19-16(12-26)4-7-21-23(14-28)22(13-27)20-6-3-15-11-17(30-2)5-8-18(15)24(20)25(19)21/h4-5,7-11,29H,12H2,1-2H3. The maximum atomic E-state index is 10.5. The van der Waals surface area contributed by atoms with Crippen molar-refractivity contribution in [2.24, 2.45) is 0 Å². The van der Waals surface area contributed by atoms with Gasteiger partial charge in [-0.15, -0.1) is 0 Å². The van der Waals surface area contributed by atoms with Crippen LogP contribution in [0.4, 0.5) is 0 Å². The second-order valence-corrected chi connectivity index (χ2v) is 7.81. The quantitative estimate of drug-likeness (QED) is 0.507. The second kappa shape index (κ2) is 6.23. The van der Waals surface area contributed by atoms with Gasteiger partial charge in [-0.1, -0.05) is 36.4 Å². The highest BCUT2D eigenvalue weighted by molar-refractivity contribution is 6.24. The predicted molar refractivity (Wildman–Crippen MR) is 116 cm³/mol. The lowest BCUT2D eigenvalue weighted by molar-refractivity contribution is 0.112. The fourth-order valence-electron chi connectivity index (χ4n) is 4.43. The average Bonchev–Trinajstić information content (AvgIpc) is 2.75. The molecule has 0 aliphatic heterocycles. The zero-order valence-electron chi connectivity index (χ0n) is 16.5. The largest absolute Gasteiger partial charge is 0.497 e. The van der Waals surface area contributed by atoms with Gasteiger partial charge in [0.2, 0.25) is 0 Å². The van der Waals surface area contributed by atoms with E-state index in [0.717, 1.165) is 38.1 Å². The summed E-state index contributed by atoms with van der Waals surface area (Å²) >= 11 is 0. The Morgan fingerprint density at radius 1 is 1.03 bits per heavy atom. The van der Waals surface area contributed by atoms with E-state index in [4.69, 9.17) is 4.74 Å². The Bertz CT molecular complexity index is 1500. The summed E-state index contributed by atoms with van der Waals surface area (Å²) in [6, 6.07) is 20.2. The summed E-state index contributed by atoms with van der Waals surface area (Å²) in [5, 5.41) is 35.0. The number of hydrogen-bond donors (Lipinski definition) is 1. The number of benzene rings is 3. The molecule has 0 spiro atoms. The number of nitrogens with zero attached hydrogens (tertiary/aromatic N) is 2. The first kappa shape index (κ1) is 18.0. The fraction of sp³-hybridized carbons (Fsp3) is 0.154. The van der Waals surface area contributed by atoms with Crippen LogP contribution in [0.25, 0.3) is 38.4 Å². The molecule has 4 nitrogen and oxygen atoms in total. The van der Waals surface area contributed by atoms with E-state index in [-0.39, 0.29) is 0 Å². The molecule has 1 unspecified atom stereocenters. The number of fused-ring (bicyclic) bond motifs is 7. The summed E-state index contributed by atoms with van der Waals surface area (Å²) in [6.07, 6.45) is 4.18. The molecule has 0 saturated heterocycles. The van der Waals surface area contributed by atoms with Gasteiger partial charge in [-0.25, -0.2) is 0 Å². The molecule has 0 heterocycles. The molecule has 0 bridgehead atoms. The highest BCUT2D eigenvalue weighted by atomic mass is 16.5. The van der Waals surface area contributed by atoms with E-state index in [1.165, 1.54) is 0 Å². The van der Waals surface area contributed by atoms with Crippen LogP contribution in [0.15, 0.2) is 36.4 Å². The molecule has 1 aliphatic carbocycles. The Morgan fingerprint density at radius 3 is 2.53 bits per heavy atom. The first-order valence-corrected chi connectivity index (χ1v) is 9.55. The molecule has 0 amide bonds. The topological polar surface area (TPSA) is 77.0 Å². The molecule has 1 atom stereocenters. The number of methoxy groups -OCH3 is 1. The average molecular weight is 388 g/mol. The monoisotopic (exact) mass is 388 g/mol. The molecule has 5 rings (SSSR count). The molecule has 1 aliphatic rings. The van der Waals surface area contributed by atoms with Crippen molar-refractivity contribution >= 4 is 38.4 Å². The van der Waals surface area contributed by atoms with E-state index < -0.39 is 5.60 Å². The molecule has 4 heteroatoms. The van der Waals surface area contributed by atoms with Crippen LogP contribution in [0.2, 0.25) is 0 Å². The summed E-state index contributed by atoms with van der Waals surface area (Å²) in [5.74, 6) is 0.711. The van der Waals surface area contributed by atoms with Crippen molar-refractivity contribution in [3.05, 3.63) is 70.8 Å². The number of nitriles is 2. The van der Waals surface area contributed by atoms with Gasteiger partial charge in [0.1, 0.15) is 17.9 Å². The molecule has 4 aromatic rings. The lowest BCUT2D eigenvalue weighted by atomic mass is 9.81. The number of ether oxygens (including phenoxy) is 1. The van der Waals surface area contributed by atoms with E-state index in [2.05, 4.69) is 24.3 Å². The summed E-state index contributed by atoms with van der Waals surface area (Å²) in [5.41, 5.74) is 1.68. The van der Waals surface area contributed by atoms with Crippen LogP contribution < -0.4 is 4.74 Å². The minimum absolute atomic E-state index is 0.306. The number of aliphatic hydroxyl groups is 1. The van der Waals surface area contributed by atoms with E-state index in [0.29, 0.717) is 28.7 Å². The predicted octanol–water partition coefficient (Wildman–Crippen LogP) is 4.82. The van der Waals surface area contributed by atoms with Crippen molar-refractivity contribution in [3.63, 3.8) is 0 Å². The molecule has 0 aromatic heterocycles. The summed E-state index contributed by atoms with van der Waals surface area (Å²) < 4.78 is 5.35. The Hall–Kier alpha value is -4.04. The number of hydrogen-bond acceptors (Lipinski definition) is 4. The van der Waals surface area contributed by atoms with Gasteiger partial charge in [0.05, 0.1) is 29.2 Å². The van der Waals surface area contributed by atoms with Crippen molar-refractivity contribution in [1.82, 2.24) is 0 Å². The third kappa shape index (κ3) is 2.44. The Kier molecular flexibility index (Phi) is 3.74. The first-order valence-electron chi connectivity index (χ1n) is 9.55. The van der Waals surface area contributed by atoms with Gasteiger partial charge in [-0.05, 0) is 47.0 Å². The molecule has 4 aromatic carbocycles. The Balaban J connectivity index is 2.08. The van der Waals surface area contributed by atoms with Crippen LogP contribution in [0.3, 0.4) is 0 Å². The van der Waals surface area contributed by atoms with Crippen LogP contribution in [0.5, 0.6) is 5.75 Å². The molecule has 0 saturated carbocycles. The lowest BCUT2D eigenvalue weighted by Gasteiger charge is -2.26. The second-order valence-electron chi connectivity index (χ2n) is 7.81. The van der Waals surface area contributed by atoms with E-state index >= 15 is 0 Å². The molecular formula is C26H16N2O2. The normalized spacial score (nSPS) is 17.4. The highest BCUT2D eigenvalue weighted by Crippen LogP contribution is 2.41. The minimum atomic E-state index is -0.920. The van der Waals surface area contributed by atoms with Crippen LogP contribution in [-0.2, 0) is 6.42 Å². The molecule has 0 fully saturated rings. The smallest absolute Gasteiger partial charge is 0.120 e. The SMILES string of the molecule is COc1ccc2c(c#cc3c(C#N)c(C#N)c4ccc5c(c4c32)C=CC(C)(O)C5)c1.